The summed E-state index contributed by atoms with van der Waals surface area (Å²) in [5.41, 5.74) is 0. The Kier molecular flexibility index (Phi) is 21.7. The Morgan fingerprint density at radius 2 is 1.20 bits per heavy atom. The first kappa shape index (κ1) is 30.1. The van der Waals surface area contributed by atoms with E-state index in [-0.39, 0.29) is 5.97 Å². The first-order valence-corrected chi connectivity index (χ1v) is 11.1. The molecule has 0 spiro atoms. The maximum atomic E-state index is 11.7. The van der Waals surface area contributed by atoms with Crippen LogP contribution in [0.1, 0.15) is 86.0 Å². The molecule has 0 amide bonds. The lowest BCUT2D eigenvalue weighted by atomic mass is 10.0. The molecule has 0 aliphatic rings. The molecule has 0 radical (unpaired) electrons. The van der Waals surface area contributed by atoms with Crippen molar-refractivity contribution in [2.45, 2.75) is 86.0 Å². The van der Waals surface area contributed by atoms with Gasteiger partial charge in [-0.2, -0.15) is 0 Å². The maximum absolute atomic E-state index is 11.7. The third kappa shape index (κ3) is 20.6. The lowest BCUT2D eigenvalue weighted by Crippen LogP contribution is -2.14. The van der Waals surface area contributed by atoms with Crippen molar-refractivity contribution < 1.29 is 28.6 Å². The third-order valence-electron chi connectivity index (χ3n) is 4.61. The van der Waals surface area contributed by atoms with Crippen LogP contribution in [0, 0.1) is 11.8 Å². The lowest BCUT2D eigenvalue weighted by molar-refractivity contribution is -0.142. The van der Waals surface area contributed by atoms with E-state index in [0.29, 0.717) is 25.0 Å². The molecule has 0 aromatic carbocycles. The highest BCUT2D eigenvalue weighted by molar-refractivity contribution is 5.91. The predicted molar refractivity (Wildman–Crippen MR) is 120 cm³/mol. The molecule has 0 aromatic rings. The van der Waals surface area contributed by atoms with Crippen molar-refractivity contribution in [1.82, 2.24) is 0 Å². The van der Waals surface area contributed by atoms with Crippen molar-refractivity contribution >= 4 is 17.9 Å². The van der Waals surface area contributed by atoms with Crippen LogP contribution in [0.3, 0.4) is 0 Å². The zero-order valence-electron chi connectivity index (χ0n) is 19.6. The average Bonchev–Trinajstić information content (AvgIpc) is 2.72. The molecule has 6 nitrogen and oxygen atoms in total. The molecule has 0 N–H and O–H groups in total. The van der Waals surface area contributed by atoms with E-state index in [9.17, 15) is 14.4 Å². The Morgan fingerprint density at radius 3 is 1.43 bits per heavy atom. The number of hydrogen-bond acceptors (Lipinski definition) is 6. The van der Waals surface area contributed by atoms with Crippen molar-refractivity contribution in [3.05, 3.63) is 25.0 Å². The zero-order chi connectivity index (χ0) is 23.2. The van der Waals surface area contributed by atoms with E-state index in [1.54, 1.807) is 0 Å². The quantitative estimate of drug-likeness (QED) is 0.143. The third-order valence-corrected chi connectivity index (χ3v) is 4.61. The molecule has 2 atom stereocenters. The van der Waals surface area contributed by atoms with Crippen LogP contribution in [-0.2, 0) is 28.6 Å². The fourth-order valence-electron chi connectivity index (χ4n) is 2.55. The molecule has 0 aromatic heterocycles. The number of carbonyl (C=O) groups excluding carboxylic acids is 3. The largest absolute Gasteiger partial charge is 0.462 e. The average molecular weight is 427 g/mol. The molecular formula is C24H42O6. The molecule has 2 unspecified atom stereocenters. The summed E-state index contributed by atoms with van der Waals surface area (Å²) in [6.07, 6.45) is 12.2. The molecule has 174 valence electrons. The molecule has 0 aliphatic heterocycles. The molecule has 0 saturated heterocycles. The fourth-order valence-corrected chi connectivity index (χ4v) is 2.55. The van der Waals surface area contributed by atoms with Crippen molar-refractivity contribution in [1.29, 1.82) is 0 Å². The van der Waals surface area contributed by atoms with Gasteiger partial charge in [0.2, 0.25) is 0 Å². The summed E-state index contributed by atoms with van der Waals surface area (Å²) in [7, 11) is 0. The van der Waals surface area contributed by atoms with Gasteiger partial charge in [0.05, 0.1) is 19.5 Å². The van der Waals surface area contributed by atoms with Gasteiger partial charge < -0.3 is 14.2 Å². The van der Waals surface area contributed by atoms with Crippen LogP contribution in [0.25, 0.3) is 0 Å². The highest BCUT2D eigenvalue weighted by Gasteiger charge is 2.10. The zero-order valence-corrected chi connectivity index (χ0v) is 19.6. The number of hydrogen-bond donors (Lipinski definition) is 0. The minimum absolute atomic E-state index is 0.329. The van der Waals surface area contributed by atoms with Crippen molar-refractivity contribution in [2.24, 2.45) is 11.8 Å². The van der Waals surface area contributed by atoms with Gasteiger partial charge in [-0.3, -0.25) is 4.79 Å². The van der Waals surface area contributed by atoms with Crippen LogP contribution in [0.4, 0.5) is 0 Å². The van der Waals surface area contributed by atoms with E-state index in [0.717, 1.165) is 57.6 Å². The molecular weight excluding hydrogens is 384 g/mol. The van der Waals surface area contributed by atoms with Gasteiger partial charge in [-0.25, -0.2) is 9.59 Å². The second kappa shape index (κ2) is 21.6. The van der Waals surface area contributed by atoms with E-state index in [1.807, 2.05) is 0 Å². The molecule has 0 fully saturated rings. The topological polar surface area (TPSA) is 78.9 Å². The summed E-state index contributed by atoms with van der Waals surface area (Å²) in [6, 6.07) is 0. The monoisotopic (exact) mass is 426 g/mol. The number of unbranched alkanes of at least 4 members (excludes halogenated alkanes) is 2. The Labute approximate surface area is 183 Å². The summed E-state index contributed by atoms with van der Waals surface area (Å²) in [5, 5.41) is 0. The molecule has 0 bridgehead atoms. The summed E-state index contributed by atoms with van der Waals surface area (Å²) in [5.74, 6) is -0.471. The first-order valence-electron chi connectivity index (χ1n) is 11.1. The highest BCUT2D eigenvalue weighted by atomic mass is 16.5. The SMILES string of the molecule is C=COC(C)=O.CCCCC(CC)COC(=O)C=CC(=O)OCC(CC)CCCC. The summed E-state index contributed by atoms with van der Waals surface area (Å²) < 4.78 is 14.6. The maximum Gasteiger partial charge on any atom is 0.331 e. The summed E-state index contributed by atoms with van der Waals surface area (Å²) >= 11 is 0. The highest BCUT2D eigenvalue weighted by Crippen LogP contribution is 2.14. The van der Waals surface area contributed by atoms with Crippen LogP contribution >= 0.6 is 0 Å². The number of esters is 3. The molecule has 0 saturated carbocycles. The normalized spacial score (nSPS) is 12.3. The van der Waals surface area contributed by atoms with Gasteiger partial charge >= 0.3 is 17.9 Å². The van der Waals surface area contributed by atoms with Gasteiger partial charge in [-0.1, -0.05) is 72.8 Å². The Balaban J connectivity index is 0. The van der Waals surface area contributed by atoms with Gasteiger partial charge in [0.25, 0.3) is 0 Å². The smallest absolute Gasteiger partial charge is 0.331 e. The van der Waals surface area contributed by atoms with E-state index in [4.69, 9.17) is 9.47 Å². The van der Waals surface area contributed by atoms with Gasteiger partial charge in [0.1, 0.15) is 0 Å². The van der Waals surface area contributed by atoms with Gasteiger partial charge in [-0.15, -0.1) is 0 Å². The summed E-state index contributed by atoms with van der Waals surface area (Å²) in [6.45, 7) is 13.8. The fraction of sp³-hybridized carbons (Fsp3) is 0.708. The van der Waals surface area contributed by atoms with Crippen LogP contribution < -0.4 is 0 Å². The predicted octanol–water partition coefficient (Wildman–Crippen LogP) is 5.75. The molecule has 0 heterocycles. The van der Waals surface area contributed by atoms with Crippen LogP contribution in [0.5, 0.6) is 0 Å². The van der Waals surface area contributed by atoms with E-state index >= 15 is 0 Å². The molecule has 30 heavy (non-hydrogen) atoms. The summed E-state index contributed by atoms with van der Waals surface area (Å²) in [4.78, 5) is 33.1. The molecule has 0 rings (SSSR count). The lowest BCUT2D eigenvalue weighted by Gasteiger charge is -2.14. The van der Waals surface area contributed by atoms with Crippen LogP contribution in [0.2, 0.25) is 0 Å². The first-order chi connectivity index (χ1) is 14.3. The van der Waals surface area contributed by atoms with Crippen molar-refractivity contribution in [3.63, 3.8) is 0 Å². The molecule has 6 heteroatoms. The Bertz CT molecular complexity index is 464. The minimum atomic E-state index is -0.472. The Hall–Kier alpha value is -2.11. The van der Waals surface area contributed by atoms with Gasteiger partial charge in [0, 0.05) is 19.1 Å². The van der Waals surface area contributed by atoms with Gasteiger partial charge in [-0.05, 0) is 24.7 Å². The van der Waals surface area contributed by atoms with E-state index in [1.165, 1.54) is 19.1 Å². The second-order valence-electron chi connectivity index (χ2n) is 7.20. The Morgan fingerprint density at radius 1 is 0.800 bits per heavy atom. The van der Waals surface area contributed by atoms with Crippen molar-refractivity contribution in [2.75, 3.05) is 13.2 Å². The number of ether oxygens (including phenoxy) is 3. The van der Waals surface area contributed by atoms with Gasteiger partial charge in [0.15, 0.2) is 0 Å². The van der Waals surface area contributed by atoms with Crippen molar-refractivity contribution in [3.8, 4) is 0 Å². The minimum Gasteiger partial charge on any atom is -0.462 e. The van der Waals surface area contributed by atoms with E-state index in [2.05, 4.69) is 39.0 Å². The van der Waals surface area contributed by atoms with Crippen LogP contribution in [0.15, 0.2) is 25.0 Å². The van der Waals surface area contributed by atoms with E-state index < -0.39 is 11.9 Å². The number of rotatable bonds is 15. The standard InChI is InChI=1S/C20H36O4.C4H6O2/c1-5-9-11-17(7-3)15-23-19(21)13-14-20(22)24-16-18(8-4)12-10-6-2;1-3-6-4(2)5/h13-14,17-18H,5-12,15-16H2,1-4H3;3H,1H2,2H3. The second-order valence-corrected chi connectivity index (χ2v) is 7.20. The molecule has 0 aliphatic carbocycles. The van der Waals surface area contributed by atoms with Crippen LogP contribution in [-0.4, -0.2) is 31.1 Å². The number of carbonyl (C=O) groups is 3.